The van der Waals surface area contributed by atoms with E-state index in [0.29, 0.717) is 27.9 Å². The van der Waals surface area contributed by atoms with Gasteiger partial charge >= 0.3 is 6.18 Å². The number of pyridine rings is 1. The molecular weight excluding hydrogens is 487 g/mol. The van der Waals surface area contributed by atoms with E-state index in [4.69, 9.17) is 26.5 Å². The highest BCUT2D eigenvalue weighted by molar-refractivity contribution is 6.31. The van der Waals surface area contributed by atoms with E-state index < -0.39 is 23.9 Å². The van der Waals surface area contributed by atoms with Crippen LogP contribution in [0.4, 0.5) is 24.9 Å². The Bertz CT molecular complexity index is 1300. The van der Waals surface area contributed by atoms with Gasteiger partial charge in [0.1, 0.15) is 11.2 Å². The van der Waals surface area contributed by atoms with Gasteiger partial charge in [0.2, 0.25) is 0 Å². The molecule has 1 saturated heterocycles. The molecule has 2 aliphatic heterocycles. The number of nitrogens with zero attached hydrogens (tertiary/aromatic N) is 4. The van der Waals surface area contributed by atoms with Crippen molar-refractivity contribution in [2.75, 3.05) is 30.3 Å². The molecule has 0 spiro atoms. The number of anilines is 2. The molecule has 3 atom stereocenters. The summed E-state index contributed by atoms with van der Waals surface area (Å²) < 4.78 is 51.1. The molecule has 8 nitrogen and oxygen atoms in total. The van der Waals surface area contributed by atoms with E-state index in [2.05, 4.69) is 9.97 Å². The Morgan fingerprint density at radius 3 is 2.77 bits per heavy atom. The normalized spacial score (nSPS) is 23.0. The van der Waals surface area contributed by atoms with Crippen molar-refractivity contribution in [3.63, 3.8) is 0 Å². The number of rotatable bonds is 2. The summed E-state index contributed by atoms with van der Waals surface area (Å²) in [5, 5.41) is 0.000275. The fourth-order valence-corrected chi connectivity index (χ4v) is 5.29. The van der Waals surface area contributed by atoms with Crippen LogP contribution in [0.2, 0.25) is 5.02 Å². The second kappa shape index (κ2) is 8.56. The quantitative estimate of drug-likeness (QED) is 0.552. The molecule has 0 unspecified atom stereocenters. The molecule has 4 heterocycles. The Kier molecular flexibility index (Phi) is 5.79. The van der Waals surface area contributed by atoms with Gasteiger partial charge in [-0.1, -0.05) is 11.6 Å². The fourth-order valence-electron chi connectivity index (χ4n) is 4.89. The number of amides is 1. The predicted octanol–water partition coefficient (Wildman–Crippen LogP) is 4.22. The first-order valence-corrected chi connectivity index (χ1v) is 11.5. The van der Waals surface area contributed by atoms with Crippen LogP contribution in [-0.2, 0) is 22.1 Å². The number of carbonyl (C=O) groups is 1. The summed E-state index contributed by atoms with van der Waals surface area (Å²) in [5.41, 5.74) is 7.60. The Morgan fingerprint density at radius 1 is 1.26 bits per heavy atom. The van der Waals surface area contributed by atoms with Gasteiger partial charge in [-0.2, -0.15) is 18.2 Å². The number of nitrogen functional groups attached to an aromatic ring is 1. The van der Waals surface area contributed by atoms with Crippen LogP contribution in [0.3, 0.4) is 0 Å². The summed E-state index contributed by atoms with van der Waals surface area (Å²) in [4.78, 5) is 25.5. The maximum atomic E-state index is 13.5. The van der Waals surface area contributed by atoms with Crippen LogP contribution >= 0.6 is 11.6 Å². The van der Waals surface area contributed by atoms with E-state index in [9.17, 15) is 18.0 Å². The molecule has 0 aliphatic carbocycles. The first kappa shape index (κ1) is 23.7. The molecule has 35 heavy (non-hydrogen) atoms. The third kappa shape index (κ3) is 4.16. The molecule has 0 bridgehead atoms. The minimum absolute atomic E-state index is 0.000275. The summed E-state index contributed by atoms with van der Waals surface area (Å²) in [7, 11) is 0. The number of morpholine rings is 1. The molecule has 3 aromatic rings. The van der Waals surface area contributed by atoms with Crippen LogP contribution in [0, 0.1) is 0 Å². The van der Waals surface area contributed by atoms with E-state index in [1.807, 2.05) is 11.8 Å². The Morgan fingerprint density at radius 2 is 2.03 bits per heavy atom. The average molecular weight is 510 g/mol. The van der Waals surface area contributed by atoms with Gasteiger partial charge in [0.15, 0.2) is 11.7 Å². The van der Waals surface area contributed by atoms with Crippen molar-refractivity contribution < 1.29 is 27.1 Å². The Balaban J connectivity index is 1.40. The van der Waals surface area contributed by atoms with Gasteiger partial charge in [-0.15, -0.1) is 0 Å². The second-order valence-corrected chi connectivity index (χ2v) is 9.28. The highest BCUT2D eigenvalue weighted by atomic mass is 35.5. The van der Waals surface area contributed by atoms with Crippen molar-refractivity contribution in [1.29, 1.82) is 0 Å². The minimum Gasteiger partial charge on any atom is -0.421 e. The van der Waals surface area contributed by atoms with Gasteiger partial charge in [-0.25, -0.2) is 0 Å². The van der Waals surface area contributed by atoms with Crippen molar-refractivity contribution in [1.82, 2.24) is 14.9 Å². The van der Waals surface area contributed by atoms with E-state index in [-0.39, 0.29) is 49.1 Å². The van der Waals surface area contributed by atoms with Crippen LogP contribution < -0.4 is 10.6 Å². The summed E-state index contributed by atoms with van der Waals surface area (Å²) in [6.45, 7) is 4.50. The van der Waals surface area contributed by atoms with E-state index in [1.54, 1.807) is 24.2 Å². The molecule has 0 saturated carbocycles. The zero-order valence-electron chi connectivity index (χ0n) is 19.0. The zero-order valence-corrected chi connectivity index (χ0v) is 19.7. The van der Waals surface area contributed by atoms with E-state index >= 15 is 0 Å². The number of fused-ring (bicyclic) bond motifs is 2. The standard InChI is InChI=1S/C23H23ClF3N5O3/c1-11-10-34-18(9-32(11)17-8-29-7-16-20(17)35-22(28)30-16)21(33)31-4-3-13-5-14(23(25,26)27)6-15(24)19(13)12(31)2/h5-8,11-12,18H,3-4,9-10H2,1-2H3,(H2,28,30)/t11-,12-,18+/m0/s1. The van der Waals surface area contributed by atoms with Crippen molar-refractivity contribution >= 4 is 40.3 Å². The van der Waals surface area contributed by atoms with Gasteiger partial charge in [0, 0.05) is 17.6 Å². The van der Waals surface area contributed by atoms with Gasteiger partial charge in [-0.05, 0) is 43.5 Å². The molecule has 1 aromatic carbocycles. The first-order chi connectivity index (χ1) is 16.5. The molecular formula is C23H23ClF3N5O3. The lowest BCUT2D eigenvalue weighted by Gasteiger charge is -2.42. The maximum absolute atomic E-state index is 13.5. The zero-order chi connectivity index (χ0) is 25.1. The van der Waals surface area contributed by atoms with Crippen molar-refractivity contribution in [3.8, 4) is 0 Å². The van der Waals surface area contributed by atoms with Crippen molar-refractivity contribution in [2.45, 2.75) is 44.6 Å². The van der Waals surface area contributed by atoms with E-state index in [1.165, 1.54) is 0 Å². The number of oxazole rings is 1. The number of benzene rings is 1. The van der Waals surface area contributed by atoms with Crippen molar-refractivity contribution in [2.24, 2.45) is 0 Å². The molecule has 0 radical (unpaired) electrons. The number of hydrogen-bond donors (Lipinski definition) is 1. The summed E-state index contributed by atoms with van der Waals surface area (Å²) >= 11 is 6.27. The third-order valence-electron chi connectivity index (χ3n) is 6.65. The topological polar surface area (TPSA) is 97.7 Å². The molecule has 2 aromatic heterocycles. The highest BCUT2D eigenvalue weighted by Crippen LogP contribution is 2.40. The predicted molar refractivity (Wildman–Crippen MR) is 123 cm³/mol. The first-order valence-electron chi connectivity index (χ1n) is 11.1. The Labute approximate surface area is 203 Å². The number of carbonyl (C=O) groups excluding carboxylic acids is 1. The fraction of sp³-hybridized carbons (Fsp3) is 0.435. The van der Waals surface area contributed by atoms with Crippen LogP contribution in [0.1, 0.15) is 36.6 Å². The monoisotopic (exact) mass is 509 g/mol. The lowest BCUT2D eigenvalue weighted by atomic mass is 9.91. The molecule has 1 fully saturated rings. The number of hydrogen-bond acceptors (Lipinski definition) is 7. The average Bonchev–Trinajstić information content (AvgIpc) is 3.18. The number of aromatic nitrogens is 2. The lowest BCUT2D eigenvalue weighted by molar-refractivity contribution is -0.148. The van der Waals surface area contributed by atoms with Crippen LogP contribution in [0.15, 0.2) is 28.9 Å². The molecule has 2 N–H and O–H groups in total. The van der Waals surface area contributed by atoms with Gasteiger partial charge in [0.05, 0.1) is 37.2 Å². The van der Waals surface area contributed by atoms with Gasteiger partial charge in [-0.3, -0.25) is 9.78 Å². The lowest BCUT2D eigenvalue weighted by Crippen LogP contribution is -2.55. The third-order valence-corrected chi connectivity index (χ3v) is 6.96. The maximum Gasteiger partial charge on any atom is 0.416 e. The number of ether oxygens (including phenoxy) is 1. The second-order valence-electron chi connectivity index (χ2n) is 8.87. The Hall–Kier alpha value is -3.05. The van der Waals surface area contributed by atoms with Gasteiger partial charge in [0.25, 0.3) is 11.9 Å². The number of alkyl halides is 3. The van der Waals surface area contributed by atoms with Crippen LogP contribution in [-0.4, -0.2) is 52.6 Å². The number of halogens is 4. The largest absolute Gasteiger partial charge is 0.421 e. The van der Waals surface area contributed by atoms with Gasteiger partial charge < -0.3 is 24.7 Å². The summed E-state index contributed by atoms with van der Waals surface area (Å²) in [6, 6.07) is 1.48. The molecule has 5 rings (SSSR count). The highest BCUT2D eigenvalue weighted by Gasteiger charge is 2.40. The molecule has 12 heteroatoms. The SMILES string of the molecule is C[C@H]1c2c(Cl)cc(C(F)(F)F)cc2CCN1C(=O)[C@H]1CN(c2cncc3nc(N)oc23)[C@@H](C)CO1. The molecule has 186 valence electrons. The summed E-state index contributed by atoms with van der Waals surface area (Å²) in [5.74, 6) is -0.256. The molecule has 1 amide bonds. The van der Waals surface area contributed by atoms with E-state index in [0.717, 1.165) is 12.1 Å². The van der Waals surface area contributed by atoms with Crippen molar-refractivity contribution in [3.05, 3.63) is 46.2 Å². The molecule has 2 aliphatic rings. The number of nitrogens with two attached hydrogens (primary N) is 1. The summed E-state index contributed by atoms with van der Waals surface area (Å²) in [6.07, 6.45) is -1.83. The van der Waals surface area contributed by atoms with Crippen LogP contribution in [0.5, 0.6) is 0 Å². The van der Waals surface area contributed by atoms with Crippen LogP contribution in [0.25, 0.3) is 11.1 Å². The minimum atomic E-state index is -4.49. The smallest absolute Gasteiger partial charge is 0.416 e.